The Morgan fingerprint density at radius 1 is 1.21 bits per heavy atom. The summed E-state index contributed by atoms with van der Waals surface area (Å²) in [5.41, 5.74) is -4.06. The minimum atomic E-state index is -4.06. The molecule has 0 aliphatic carbocycles. The van der Waals surface area contributed by atoms with Crippen molar-refractivity contribution in [2.24, 2.45) is 5.92 Å². The molecule has 0 saturated heterocycles. The quantitative estimate of drug-likeness (QED) is 0.499. The monoisotopic (exact) mass is 292 g/mol. The second-order valence-corrected chi connectivity index (χ2v) is 5.89. The van der Waals surface area contributed by atoms with Gasteiger partial charge in [0.1, 0.15) is 0 Å². The predicted molar refractivity (Wildman–Crippen MR) is 59.9 cm³/mol. The molecule has 0 N–H and O–H groups in total. The van der Waals surface area contributed by atoms with Crippen molar-refractivity contribution in [3.8, 4) is 0 Å². The van der Waals surface area contributed by atoms with Gasteiger partial charge in [0.2, 0.25) is 0 Å². The maximum absolute atomic E-state index is 11.7. The zero-order valence-electron chi connectivity index (χ0n) is 8.40. The van der Waals surface area contributed by atoms with Crippen LogP contribution < -0.4 is 0 Å². The first-order valence-electron chi connectivity index (χ1n) is 4.67. The molecular weight excluding hydrogens is 277 g/mol. The molecule has 0 fully saturated rings. The molecule has 0 saturated carbocycles. The largest absolute Gasteiger partial charge is 0.441 e. The van der Waals surface area contributed by atoms with E-state index in [1.807, 2.05) is 0 Å². The van der Waals surface area contributed by atoms with Gasteiger partial charge in [-0.1, -0.05) is 48.0 Å². The predicted octanol–water partition coefficient (Wildman–Crippen LogP) is 4.83. The van der Waals surface area contributed by atoms with Gasteiger partial charge in [-0.2, -0.15) is 13.2 Å². The minimum absolute atomic E-state index is 0.0783. The number of alkyl halides is 4. The molecule has 1 atom stereocenters. The summed E-state index contributed by atoms with van der Waals surface area (Å²) in [5, 5.41) is 0. The SMILES string of the molecule is CC(C)C(Br)CCCCSC(F)(F)F. The summed E-state index contributed by atoms with van der Waals surface area (Å²) in [5.74, 6) is 0.728. The number of hydrogen-bond donors (Lipinski definition) is 0. The third-order valence-corrected chi connectivity index (χ3v) is 4.20. The zero-order valence-corrected chi connectivity index (χ0v) is 10.8. The summed E-state index contributed by atoms with van der Waals surface area (Å²) >= 11 is 3.58. The van der Waals surface area contributed by atoms with Crippen molar-refractivity contribution >= 4 is 27.7 Å². The lowest BCUT2D eigenvalue weighted by molar-refractivity contribution is -0.0328. The van der Waals surface area contributed by atoms with E-state index in [0.717, 1.165) is 12.8 Å². The Morgan fingerprint density at radius 3 is 2.21 bits per heavy atom. The molecular formula is C9H16BrF3S. The van der Waals surface area contributed by atoms with Crippen LogP contribution in [-0.2, 0) is 0 Å². The van der Waals surface area contributed by atoms with Crippen LogP contribution in [0.25, 0.3) is 0 Å². The maximum Gasteiger partial charge on any atom is 0.441 e. The van der Waals surface area contributed by atoms with Crippen LogP contribution >= 0.6 is 27.7 Å². The van der Waals surface area contributed by atoms with Crippen LogP contribution in [0.4, 0.5) is 13.2 Å². The van der Waals surface area contributed by atoms with Gasteiger partial charge in [-0.25, -0.2) is 0 Å². The van der Waals surface area contributed by atoms with Gasteiger partial charge in [-0.3, -0.25) is 0 Å². The molecule has 0 spiro atoms. The van der Waals surface area contributed by atoms with Gasteiger partial charge >= 0.3 is 5.51 Å². The Labute approximate surface area is 96.1 Å². The lowest BCUT2D eigenvalue weighted by Crippen LogP contribution is -2.07. The van der Waals surface area contributed by atoms with Gasteiger partial charge in [0.25, 0.3) is 0 Å². The zero-order chi connectivity index (χ0) is 11.2. The Kier molecular flexibility index (Phi) is 7.30. The highest BCUT2D eigenvalue weighted by Crippen LogP contribution is 2.31. The Bertz CT molecular complexity index is 147. The average molecular weight is 293 g/mol. The van der Waals surface area contributed by atoms with E-state index in [9.17, 15) is 13.2 Å². The van der Waals surface area contributed by atoms with Gasteiger partial charge < -0.3 is 0 Å². The number of halogens is 4. The Hall–Kier alpha value is 0.620. The van der Waals surface area contributed by atoms with E-state index >= 15 is 0 Å². The van der Waals surface area contributed by atoms with E-state index < -0.39 is 5.51 Å². The van der Waals surface area contributed by atoms with Crippen molar-refractivity contribution in [1.29, 1.82) is 0 Å². The van der Waals surface area contributed by atoms with Crippen molar-refractivity contribution in [2.75, 3.05) is 5.75 Å². The van der Waals surface area contributed by atoms with Crippen molar-refractivity contribution in [2.45, 2.75) is 43.4 Å². The summed E-state index contributed by atoms with van der Waals surface area (Å²) in [4.78, 5) is 0.429. The molecule has 0 aromatic rings. The second kappa shape index (κ2) is 6.99. The van der Waals surface area contributed by atoms with E-state index in [1.165, 1.54) is 0 Å². The minimum Gasteiger partial charge on any atom is -0.160 e. The molecule has 0 aliphatic rings. The molecule has 0 heterocycles. The van der Waals surface area contributed by atoms with Gasteiger partial charge in [0.15, 0.2) is 0 Å². The topological polar surface area (TPSA) is 0 Å². The number of thioether (sulfide) groups is 1. The van der Waals surface area contributed by atoms with Crippen LogP contribution in [-0.4, -0.2) is 16.1 Å². The average Bonchev–Trinajstić information content (AvgIpc) is 2.01. The second-order valence-electron chi connectivity index (χ2n) is 3.55. The Morgan fingerprint density at radius 2 is 1.79 bits per heavy atom. The molecule has 0 radical (unpaired) electrons. The van der Waals surface area contributed by atoms with E-state index in [2.05, 4.69) is 29.8 Å². The molecule has 0 bridgehead atoms. The Balaban J connectivity index is 3.30. The molecule has 0 aromatic heterocycles. The molecule has 0 rings (SSSR count). The van der Waals surface area contributed by atoms with Crippen LogP contribution in [0, 0.1) is 5.92 Å². The van der Waals surface area contributed by atoms with E-state index in [-0.39, 0.29) is 17.5 Å². The third kappa shape index (κ3) is 9.19. The van der Waals surface area contributed by atoms with Gasteiger partial charge in [-0.05, 0) is 18.8 Å². The van der Waals surface area contributed by atoms with Gasteiger partial charge in [0, 0.05) is 10.6 Å². The van der Waals surface area contributed by atoms with Crippen LogP contribution in [0.2, 0.25) is 0 Å². The molecule has 0 aliphatic heterocycles. The van der Waals surface area contributed by atoms with E-state index in [0.29, 0.717) is 17.2 Å². The summed E-state index contributed by atoms with van der Waals surface area (Å²) in [6, 6.07) is 0. The lowest BCUT2D eigenvalue weighted by Gasteiger charge is -2.13. The molecule has 0 aromatic carbocycles. The lowest BCUT2D eigenvalue weighted by atomic mass is 10.1. The summed E-state index contributed by atoms with van der Waals surface area (Å²) in [7, 11) is 0. The van der Waals surface area contributed by atoms with Crippen LogP contribution in [0.5, 0.6) is 0 Å². The third-order valence-electron chi connectivity index (χ3n) is 1.86. The molecule has 86 valence electrons. The van der Waals surface area contributed by atoms with Gasteiger partial charge in [0.05, 0.1) is 0 Å². The molecule has 0 amide bonds. The van der Waals surface area contributed by atoms with Crippen molar-refractivity contribution < 1.29 is 13.2 Å². The highest BCUT2D eigenvalue weighted by atomic mass is 79.9. The number of rotatable bonds is 6. The van der Waals surface area contributed by atoms with Crippen molar-refractivity contribution in [3.05, 3.63) is 0 Å². The summed E-state index contributed by atoms with van der Waals surface area (Å²) in [6.45, 7) is 4.20. The molecule has 0 nitrogen and oxygen atoms in total. The highest BCUT2D eigenvalue weighted by molar-refractivity contribution is 9.09. The van der Waals surface area contributed by atoms with Crippen LogP contribution in [0.3, 0.4) is 0 Å². The van der Waals surface area contributed by atoms with E-state index in [1.54, 1.807) is 0 Å². The standard InChI is InChI=1S/C9H16BrF3S/c1-7(2)8(10)5-3-4-6-14-9(11,12)13/h7-8H,3-6H2,1-2H3. The summed E-state index contributed by atoms with van der Waals surface area (Å²) < 4.78 is 35.2. The molecule has 14 heavy (non-hydrogen) atoms. The fraction of sp³-hybridized carbons (Fsp3) is 1.00. The fourth-order valence-electron chi connectivity index (χ4n) is 0.963. The van der Waals surface area contributed by atoms with Crippen molar-refractivity contribution in [3.63, 3.8) is 0 Å². The fourth-order valence-corrected chi connectivity index (χ4v) is 1.87. The summed E-state index contributed by atoms with van der Waals surface area (Å²) in [6.07, 6.45) is 2.45. The number of hydrogen-bond acceptors (Lipinski definition) is 1. The number of unbranched alkanes of at least 4 members (excludes halogenated alkanes) is 1. The van der Waals surface area contributed by atoms with Crippen LogP contribution in [0.15, 0.2) is 0 Å². The first kappa shape index (κ1) is 14.6. The van der Waals surface area contributed by atoms with E-state index in [4.69, 9.17) is 0 Å². The van der Waals surface area contributed by atoms with Crippen molar-refractivity contribution in [1.82, 2.24) is 0 Å². The van der Waals surface area contributed by atoms with Gasteiger partial charge in [-0.15, -0.1) is 0 Å². The highest BCUT2D eigenvalue weighted by Gasteiger charge is 2.27. The molecule has 5 heteroatoms. The van der Waals surface area contributed by atoms with Crippen LogP contribution in [0.1, 0.15) is 33.1 Å². The first-order valence-corrected chi connectivity index (χ1v) is 6.58. The molecule has 1 unspecified atom stereocenters. The smallest absolute Gasteiger partial charge is 0.160 e. The normalized spacial score (nSPS) is 14.8. The first-order chi connectivity index (χ1) is 6.33. The maximum atomic E-state index is 11.7.